The lowest BCUT2D eigenvalue weighted by molar-refractivity contribution is -0.141. The monoisotopic (exact) mass is 323 g/mol. The van der Waals surface area contributed by atoms with E-state index in [4.69, 9.17) is 4.74 Å². The number of amides is 1. The highest BCUT2D eigenvalue weighted by Crippen LogP contribution is 2.17. The van der Waals surface area contributed by atoms with E-state index in [1.54, 1.807) is 0 Å². The van der Waals surface area contributed by atoms with Crippen LogP contribution in [0.1, 0.15) is 30.4 Å². The van der Waals surface area contributed by atoms with E-state index in [1.807, 2.05) is 29.2 Å². The zero-order chi connectivity index (χ0) is 16.6. The largest absolute Gasteiger partial charge is 0.368 e. The third-order valence-electron chi connectivity index (χ3n) is 4.47. The van der Waals surface area contributed by atoms with Crippen LogP contribution in [-0.4, -0.2) is 30.1 Å². The van der Waals surface area contributed by atoms with E-state index < -0.39 is 0 Å². The van der Waals surface area contributed by atoms with Crippen molar-refractivity contribution in [3.05, 3.63) is 71.8 Å². The van der Waals surface area contributed by atoms with Crippen LogP contribution < -0.4 is 0 Å². The van der Waals surface area contributed by atoms with Crippen molar-refractivity contribution in [3.63, 3.8) is 0 Å². The highest BCUT2D eigenvalue weighted by Gasteiger charge is 2.28. The Hall–Kier alpha value is -2.13. The molecule has 1 fully saturated rings. The van der Waals surface area contributed by atoms with Crippen LogP contribution in [-0.2, 0) is 22.5 Å². The van der Waals surface area contributed by atoms with Crippen LogP contribution in [0.2, 0.25) is 0 Å². The maximum Gasteiger partial charge on any atom is 0.251 e. The molecular weight excluding hydrogens is 298 g/mol. The van der Waals surface area contributed by atoms with Crippen molar-refractivity contribution in [1.82, 2.24) is 4.90 Å². The number of ether oxygens (including phenoxy) is 1. The molecule has 1 amide bonds. The first-order valence-electron chi connectivity index (χ1n) is 8.81. The molecule has 0 aromatic heterocycles. The average Bonchev–Trinajstić information content (AvgIpc) is 3.17. The first kappa shape index (κ1) is 16.7. The number of hydrogen-bond donors (Lipinski definition) is 0. The SMILES string of the molecule is O=C([C@H]1CCCO1)N(CCCc1ccccc1)Cc1ccccc1. The van der Waals surface area contributed by atoms with Crippen molar-refractivity contribution in [2.75, 3.05) is 13.2 Å². The third-order valence-corrected chi connectivity index (χ3v) is 4.47. The molecule has 0 N–H and O–H groups in total. The van der Waals surface area contributed by atoms with E-state index in [0.717, 1.165) is 32.2 Å². The Labute approximate surface area is 144 Å². The molecule has 2 aromatic rings. The van der Waals surface area contributed by atoms with Gasteiger partial charge in [0.2, 0.25) is 0 Å². The van der Waals surface area contributed by atoms with Gasteiger partial charge in [-0.25, -0.2) is 0 Å². The van der Waals surface area contributed by atoms with E-state index in [-0.39, 0.29) is 12.0 Å². The molecule has 3 heteroatoms. The maximum absolute atomic E-state index is 12.8. The molecule has 126 valence electrons. The number of benzene rings is 2. The van der Waals surface area contributed by atoms with E-state index in [1.165, 1.54) is 11.1 Å². The molecule has 0 radical (unpaired) electrons. The van der Waals surface area contributed by atoms with Gasteiger partial charge in [0.25, 0.3) is 5.91 Å². The van der Waals surface area contributed by atoms with Crippen molar-refractivity contribution < 1.29 is 9.53 Å². The van der Waals surface area contributed by atoms with Gasteiger partial charge in [-0.2, -0.15) is 0 Å². The molecule has 0 aliphatic carbocycles. The standard InChI is InChI=1S/C21H25NO2/c23-21(20-14-8-16-24-20)22(17-19-11-5-2-6-12-19)15-7-13-18-9-3-1-4-10-18/h1-6,9-12,20H,7-8,13-17H2/t20-/m1/s1. The number of hydrogen-bond acceptors (Lipinski definition) is 2. The zero-order valence-corrected chi connectivity index (χ0v) is 14.1. The molecule has 3 rings (SSSR count). The lowest BCUT2D eigenvalue weighted by Gasteiger charge is -2.25. The van der Waals surface area contributed by atoms with E-state index in [2.05, 4.69) is 36.4 Å². The van der Waals surface area contributed by atoms with Gasteiger partial charge in [0.1, 0.15) is 6.10 Å². The summed E-state index contributed by atoms with van der Waals surface area (Å²) >= 11 is 0. The summed E-state index contributed by atoms with van der Waals surface area (Å²) in [7, 11) is 0. The Kier molecular flexibility index (Phi) is 6.02. The summed E-state index contributed by atoms with van der Waals surface area (Å²) in [6.45, 7) is 2.14. The summed E-state index contributed by atoms with van der Waals surface area (Å²) in [5.41, 5.74) is 2.49. The van der Waals surface area contributed by atoms with E-state index in [0.29, 0.717) is 13.2 Å². The normalized spacial score (nSPS) is 16.9. The van der Waals surface area contributed by atoms with Crippen molar-refractivity contribution >= 4 is 5.91 Å². The second-order valence-electron chi connectivity index (χ2n) is 6.34. The minimum atomic E-state index is -0.245. The molecular formula is C21H25NO2. The van der Waals surface area contributed by atoms with Crippen molar-refractivity contribution in [2.24, 2.45) is 0 Å². The van der Waals surface area contributed by atoms with Crippen molar-refractivity contribution in [3.8, 4) is 0 Å². The molecule has 24 heavy (non-hydrogen) atoms. The molecule has 3 nitrogen and oxygen atoms in total. The summed E-state index contributed by atoms with van der Waals surface area (Å²) in [5.74, 6) is 0.143. The molecule has 1 atom stereocenters. The van der Waals surface area contributed by atoms with Crippen LogP contribution in [0.25, 0.3) is 0 Å². The fourth-order valence-electron chi connectivity index (χ4n) is 3.17. The summed E-state index contributed by atoms with van der Waals surface area (Å²) in [4.78, 5) is 14.8. The average molecular weight is 323 g/mol. The van der Waals surface area contributed by atoms with Crippen molar-refractivity contribution in [1.29, 1.82) is 0 Å². The Morgan fingerprint density at radius 2 is 1.67 bits per heavy atom. The van der Waals surface area contributed by atoms with Crippen LogP contribution in [0.3, 0.4) is 0 Å². The summed E-state index contributed by atoms with van der Waals surface area (Å²) in [5, 5.41) is 0. The fraction of sp³-hybridized carbons (Fsp3) is 0.381. The second kappa shape index (κ2) is 8.65. The molecule has 0 bridgehead atoms. The minimum Gasteiger partial charge on any atom is -0.368 e. The van der Waals surface area contributed by atoms with Gasteiger partial charge >= 0.3 is 0 Å². The van der Waals surface area contributed by atoms with Crippen LogP contribution in [0.15, 0.2) is 60.7 Å². The molecule has 1 aliphatic heterocycles. The lowest BCUT2D eigenvalue weighted by atomic mass is 10.1. The van der Waals surface area contributed by atoms with Gasteiger partial charge in [-0.3, -0.25) is 4.79 Å². The van der Waals surface area contributed by atoms with Gasteiger partial charge in [0.05, 0.1) is 0 Å². The first-order valence-corrected chi connectivity index (χ1v) is 8.81. The lowest BCUT2D eigenvalue weighted by Crippen LogP contribution is -2.39. The summed E-state index contributed by atoms with van der Waals surface area (Å²) in [6, 6.07) is 20.6. The number of aryl methyl sites for hydroxylation is 1. The molecule has 0 saturated carbocycles. The van der Waals surface area contributed by atoms with Crippen molar-refractivity contribution in [2.45, 2.75) is 38.3 Å². The predicted molar refractivity (Wildman–Crippen MR) is 95.6 cm³/mol. The smallest absolute Gasteiger partial charge is 0.251 e. The second-order valence-corrected chi connectivity index (χ2v) is 6.34. The zero-order valence-electron chi connectivity index (χ0n) is 14.1. The highest BCUT2D eigenvalue weighted by atomic mass is 16.5. The van der Waals surface area contributed by atoms with Gasteiger partial charge in [0, 0.05) is 19.7 Å². The number of carbonyl (C=O) groups excluding carboxylic acids is 1. The fourth-order valence-corrected chi connectivity index (χ4v) is 3.17. The van der Waals surface area contributed by atoms with Crippen LogP contribution in [0.4, 0.5) is 0 Å². The maximum atomic E-state index is 12.8. The third kappa shape index (κ3) is 4.68. The minimum absolute atomic E-state index is 0.143. The van der Waals surface area contributed by atoms with Gasteiger partial charge in [-0.05, 0) is 36.8 Å². The van der Waals surface area contributed by atoms with E-state index >= 15 is 0 Å². The predicted octanol–water partition coefficient (Wildman–Crippen LogP) is 3.83. The molecule has 1 heterocycles. The van der Waals surface area contributed by atoms with Crippen LogP contribution in [0, 0.1) is 0 Å². The Morgan fingerprint density at radius 1 is 1.00 bits per heavy atom. The first-order chi connectivity index (χ1) is 11.8. The van der Waals surface area contributed by atoms with Crippen LogP contribution >= 0.6 is 0 Å². The molecule has 1 saturated heterocycles. The number of carbonyl (C=O) groups is 1. The van der Waals surface area contributed by atoms with Gasteiger partial charge < -0.3 is 9.64 Å². The van der Waals surface area contributed by atoms with Gasteiger partial charge in [0.15, 0.2) is 0 Å². The number of nitrogens with zero attached hydrogens (tertiary/aromatic N) is 1. The Morgan fingerprint density at radius 3 is 2.29 bits per heavy atom. The molecule has 0 spiro atoms. The van der Waals surface area contributed by atoms with Gasteiger partial charge in [-0.1, -0.05) is 60.7 Å². The van der Waals surface area contributed by atoms with Crippen LogP contribution in [0.5, 0.6) is 0 Å². The molecule has 2 aromatic carbocycles. The topological polar surface area (TPSA) is 29.5 Å². The van der Waals surface area contributed by atoms with E-state index in [9.17, 15) is 4.79 Å². The highest BCUT2D eigenvalue weighted by molar-refractivity contribution is 5.81. The quantitative estimate of drug-likeness (QED) is 0.775. The number of rotatable bonds is 7. The Bertz CT molecular complexity index is 621. The van der Waals surface area contributed by atoms with Gasteiger partial charge in [-0.15, -0.1) is 0 Å². The summed E-state index contributed by atoms with van der Waals surface area (Å²) < 4.78 is 5.61. The molecule has 0 unspecified atom stereocenters. The molecule has 1 aliphatic rings. The Balaban J connectivity index is 1.61. The summed E-state index contributed by atoms with van der Waals surface area (Å²) in [6.07, 6.45) is 3.55.